The predicted molar refractivity (Wildman–Crippen MR) is 276 cm³/mol. The summed E-state index contributed by atoms with van der Waals surface area (Å²) in [5.41, 5.74) is 2.30. The number of oxime groups is 2. The summed E-state index contributed by atoms with van der Waals surface area (Å²) in [6.45, 7) is 5.52. The number of carbonyl (C=O) groups excluding carboxylic acids is 4. The van der Waals surface area contributed by atoms with Crippen LogP contribution in [0.2, 0.25) is 10.0 Å². The lowest BCUT2D eigenvalue weighted by Crippen LogP contribution is -2.33. The molecular weight excluding hydrogens is 1230 g/mol. The van der Waals surface area contributed by atoms with Crippen LogP contribution < -0.4 is 5.32 Å². The Hall–Kier alpha value is -5.83. The molecule has 0 saturated carbocycles. The number of hydrogen-bond donors (Lipinski definition) is 1. The molecule has 4 heterocycles. The fourth-order valence-corrected chi connectivity index (χ4v) is 9.91. The molecular formula is C52H49Cl2F12IN6O6. The summed E-state index contributed by atoms with van der Waals surface area (Å²) in [7, 11) is 0. The first-order chi connectivity index (χ1) is 36.5. The molecule has 4 aromatic carbocycles. The lowest BCUT2D eigenvalue weighted by Gasteiger charge is -2.23. The van der Waals surface area contributed by atoms with Gasteiger partial charge in [-0.3, -0.25) is 19.2 Å². The predicted octanol–water partition coefficient (Wildman–Crippen LogP) is 12.7. The minimum absolute atomic E-state index is 0.0389. The van der Waals surface area contributed by atoms with Gasteiger partial charge in [-0.1, -0.05) is 80.4 Å². The quantitative estimate of drug-likeness (QED) is 0.0903. The first kappa shape index (κ1) is 62.4. The van der Waals surface area contributed by atoms with E-state index in [4.69, 9.17) is 32.9 Å². The van der Waals surface area contributed by atoms with Crippen molar-refractivity contribution >= 4 is 80.8 Å². The van der Waals surface area contributed by atoms with Crippen LogP contribution in [0.3, 0.4) is 0 Å². The lowest BCUT2D eigenvalue weighted by atomic mass is 9.87. The minimum atomic E-state index is -4.66. The topological polar surface area (TPSA) is 133 Å². The fraction of sp³-hybridized carbons (Fsp3) is 0.423. The first-order valence-corrected chi connectivity index (χ1v) is 26.1. The highest BCUT2D eigenvalue weighted by Gasteiger charge is 2.41. The Morgan fingerprint density at radius 3 is 1.44 bits per heavy atom. The maximum Gasteiger partial charge on any atom is 0.393 e. The molecule has 4 amide bonds. The zero-order valence-electron chi connectivity index (χ0n) is 42.3. The van der Waals surface area contributed by atoms with Crippen molar-refractivity contribution in [2.45, 2.75) is 102 Å². The molecule has 0 aliphatic carbocycles. The van der Waals surface area contributed by atoms with Crippen molar-refractivity contribution in [3.8, 4) is 0 Å². The highest BCUT2D eigenvalue weighted by Crippen LogP contribution is 2.40. The van der Waals surface area contributed by atoms with Crippen LogP contribution in [0.4, 0.5) is 52.7 Å². The number of alkyl halides is 13. The summed E-state index contributed by atoms with van der Waals surface area (Å²) in [5.74, 6) is -2.59. The van der Waals surface area contributed by atoms with Crippen LogP contribution in [0.15, 0.2) is 83.1 Å². The van der Waals surface area contributed by atoms with Crippen LogP contribution in [0.1, 0.15) is 105 Å². The van der Waals surface area contributed by atoms with Gasteiger partial charge < -0.3 is 29.7 Å². The van der Waals surface area contributed by atoms with E-state index in [-0.39, 0.29) is 52.2 Å². The third-order valence-electron chi connectivity index (χ3n) is 12.6. The van der Waals surface area contributed by atoms with Crippen LogP contribution in [0.5, 0.6) is 0 Å². The van der Waals surface area contributed by atoms with Gasteiger partial charge in [0.25, 0.3) is 11.8 Å². The molecule has 0 bridgehead atoms. The minimum Gasteiger partial charge on any atom is -0.384 e. The van der Waals surface area contributed by atoms with Crippen LogP contribution >= 0.6 is 45.8 Å². The molecule has 8 rings (SSSR count). The molecule has 2 unspecified atom stereocenters. The highest BCUT2D eigenvalue weighted by molar-refractivity contribution is 14.1. The molecule has 79 heavy (non-hydrogen) atoms. The molecule has 0 radical (unpaired) electrons. The molecule has 2 saturated heterocycles. The van der Waals surface area contributed by atoms with E-state index in [1.165, 1.54) is 35.2 Å². The maximum atomic E-state index is 13.5. The van der Waals surface area contributed by atoms with Crippen molar-refractivity contribution < 1.29 is 81.5 Å². The van der Waals surface area contributed by atoms with Gasteiger partial charge in [0, 0.05) is 45.0 Å². The van der Waals surface area contributed by atoms with Gasteiger partial charge in [0.05, 0.1) is 50.4 Å². The average molecular weight is 1280 g/mol. The van der Waals surface area contributed by atoms with Crippen molar-refractivity contribution in [2.24, 2.45) is 10.3 Å². The molecule has 2 fully saturated rings. The van der Waals surface area contributed by atoms with E-state index < -0.39 is 99.1 Å². The number of rotatable bonds is 11. The van der Waals surface area contributed by atoms with Crippen molar-refractivity contribution in [3.05, 3.63) is 138 Å². The van der Waals surface area contributed by atoms with Gasteiger partial charge in [-0.2, -0.15) is 52.7 Å². The van der Waals surface area contributed by atoms with Crippen molar-refractivity contribution in [1.29, 1.82) is 0 Å². The van der Waals surface area contributed by atoms with E-state index in [2.05, 4.69) is 15.6 Å². The zero-order chi connectivity index (χ0) is 58.6. The maximum absolute atomic E-state index is 13.5. The second-order valence-electron chi connectivity index (χ2n) is 19.4. The van der Waals surface area contributed by atoms with E-state index in [1.54, 1.807) is 53.8 Å². The van der Waals surface area contributed by atoms with Gasteiger partial charge >= 0.3 is 24.7 Å². The van der Waals surface area contributed by atoms with Crippen LogP contribution in [0.25, 0.3) is 0 Å². The Bertz CT molecular complexity index is 2990. The van der Waals surface area contributed by atoms with E-state index in [1.807, 2.05) is 39.0 Å². The number of nitrogens with one attached hydrogen (secondary N) is 1. The van der Waals surface area contributed by atoms with Gasteiger partial charge in [-0.25, -0.2) is 0 Å². The molecule has 12 nitrogen and oxygen atoms in total. The monoisotopic (exact) mass is 1280 g/mol. The second kappa shape index (κ2) is 24.5. The van der Waals surface area contributed by atoms with Gasteiger partial charge in [0.1, 0.15) is 13.1 Å². The zero-order valence-corrected chi connectivity index (χ0v) is 45.9. The van der Waals surface area contributed by atoms with E-state index in [9.17, 15) is 71.9 Å². The molecule has 2 atom stereocenters. The Morgan fingerprint density at radius 2 is 1.08 bits per heavy atom. The van der Waals surface area contributed by atoms with Gasteiger partial charge in [0.15, 0.2) is 11.2 Å². The van der Waals surface area contributed by atoms with E-state index in [0.717, 1.165) is 32.1 Å². The summed E-state index contributed by atoms with van der Waals surface area (Å²) in [5, 5.41) is 11.8. The molecule has 0 spiro atoms. The summed E-state index contributed by atoms with van der Waals surface area (Å²) in [4.78, 5) is 63.8. The third kappa shape index (κ3) is 17.3. The fourth-order valence-electron chi connectivity index (χ4n) is 8.72. The number of benzene rings is 4. The van der Waals surface area contributed by atoms with Crippen molar-refractivity contribution in [2.75, 3.05) is 37.4 Å². The summed E-state index contributed by atoms with van der Waals surface area (Å²) >= 11 is 14.0. The second-order valence-corrected chi connectivity index (χ2v) is 21.4. The van der Waals surface area contributed by atoms with Crippen LogP contribution in [-0.4, -0.2) is 112 Å². The van der Waals surface area contributed by atoms with Crippen LogP contribution in [0, 0.1) is 13.8 Å². The number of hydrogen-bond acceptors (Lipinski definition) is 8. The number of halogens is 15. The Labute approximate surface area is 468 Å². The molecule has 4 aliphatic rings. The molecule has 0 aromatic heterocycles. The molecule has 1 N–H and O–H groups in total. The van der Waals surface area contributed by atoms with E-state index >= 15 is 0 Å². The number of nitrogens with zero attached hydrogens (tertiary/aromatic N) is 5. The smallest absolute Gasteiger partial charge is 0.384 e. The first-order valence-electron chi connectivity index (χ1n) is 23.8. The van der Waals surface area contributed by atoms with Crippen molar-refractivity contribution in [1.82, 2.24) is 20.0 Å². The Balaban J connectivity index is 0.000000230. The number of aryl methyl sites for hydroxylation is 2. The average Bonchev–Trinajstić information content (AvgIpc) is 4.21. The summed E-state index contributed by atoms with van der Waals surface area (Å²) in [6.07, 6.45) is -21.7. The molecule has 4 aliphatic heterocycles. The number of amides is 4. The molecule has 4 aromatic rings. The molecule has 27 heteroatoms. The van der Waals surface area contributed by atoms with Gasteiger partial charge in [-0.05, 0) is 121 Å². The third-order valence-corrected chi connectivity index (χ3v) is 13.6. The van der Waals surface area contributed by atoms with Crippen molar-refractivity contribution in [3.63, 3.8) is 0 Å². The Kier molecular flexibility index (Phi) is 19.3. The number of carbonyl (C=O) groups is 4. The lowest BCUT2D eigenvalue weighted by molar-refractivity contribution is -0.143. The largest absolute Gasteiger partial charge is 0.393 e. The molecule has 428 valence electrons. The van der Waals surface area contributed by atoms with Gasteiger partial charge in [0.2, 0.25) is 11.8 Å². The SMILES string of the molecule is Cc1cc(Cl)cc(C2(C)CC(c3ccc(C(=O)N4CC(=O)N(CCC(F)(F)F)C4)c(CC(F)(F)F)c3)=NO2)c1.Cc1cc(Cl)cc(C2(C)CC(c3ccc(C(=O)N4CNC(=O)C4)c(CC(F)(F)F)c3)=NO2)c1.FC(F)(F)CCI. The highest BCUT2D eigenvalue weighted by atomic mass is 127. The standard InChI is InChI=1S/C26H24ClF6N3O3.C23H21ClF3N3O3.C3H4F3I/c1-15-7-18(10-19(27)8-15)24(2)12-21(34-39-24)16-3-4-20(17(9-16)11-26(31,32)33)23(38)36-13-22(37)35(14-36)6-5-25(28,29)30;1-13-5-16(8-17(24)6-13)22(2)10-19(29-33-22)14-3-4-18(15(7-14)9-23(25,26)27)21(32)30-11-20(31)28-12-30;4-3(5,6)1-2-7/h3-4,7-10H,5-6,11-14H2,1-2H3;3-8H,9-12H2,1-2H3,(H,28,31);1-2H2. The normalized spacial score (nSPS) is 19.5. The summed E-state index contributed by atoms with van der Waals surface area (Å²) in [6, 6.07) is 18.9. The van der Waals surface area contributed by atoms with E-state index in [0.29, 0.717) is 39.0 Å². The van der Waals surface area contributed by atoms with Crippen LogP contribution in [-0.2, 0) is 43.3 Å². The van der Waals surface area contributed by atoms with Gasteiger partial charge in [-0.15, -0.1) is 0 Å². The Morgan fingerprint density at radius 1 is 0.633 bits per heavy atom. The summed E-state index contributed by atoms with van der Waals surface area (Å²) < 4.78 is 151.